The van der Waals surface area contributed by atoms with Gasteiger partial charge in [-0.2, -0.15) is 0 Å². The van der Waals surface area contributed by atoms with Gasteiger partial charge < -0.3 is 11.5 Å². The number of nitrogen functional groups attached to an aromatic ring is 2. The first-order valence-electron chi connectivity index (χ1n) is 6.05. The summed E-state index contributed by atoms with van der Waals surface area (Å²) < 4.78 is 0. The monoisotopic (exact) mass is 236 g/mol. The van der Waals surface area contributed by atoms with E-state index in [4.69, 9.17) is 11.5 Å². The lowest BCUT2D eigenvalue weighted by atomic mass is 9.92. The maximum Gasteiger partial charge on any atom is 0.0320 e. The molecular weight excluding hydrogens is 220 g/mol. The van der Waals surface area contributed by atoms with Crippen molar-refractivity contribution >= 4 is 32.9 Å². The topological polar surface area (TPSA) is 52.0 Å². The maximum atomic E-state index is 5.89. The SMILES string of the molecule is Cc1c2ccc(N)cc2c(C)c2ccc(N)cc12. The van der Waals surface area contributed by atoms with Crippen LogP contribution in [0.15, 0.2) is 36.4 Å². The first kappa shape index (κ1) is 10.9. The number of hydrogen-bond acceptors (Lipinski definition) is 2. The van der Waals surface area contributed by atoms with E-state index in [-0.39, 0.29) is 0 Å². The van der Waals surface area contributed by atoms with Crippen molar-refractivity contribution in [2.24, 2.45) is 0 Å². The van der Waals surface area contributed by atoms with Gasteiger partial charge in [0.15, 0.2) is 0 Å². The molecular formula is C16H16N2. The summed E-state index contributed by atoms with van der Waals surface area (Å²) in [4.78, 5) is 0. The summed E-state index contributed by atoms with van der Waals surface area (Å²) in [6.45, 7) is 4.28. The van der Waals surface area contributed by atoms with Gasteiger partial charge in [-0.25, -0.2) is 0 Å². The zero-order valence-corrected chi connectivity index (χ0v) is 10.6. The molecule has 90 valence electrons. The number of anilines is 2. The molecule has 0 amide bonds. The van der Waals surface area contributed by atoms with Gasteiger partial charge in [0.2, 0.25) is 0 Å². The van der Waals surface area contributed by atoms with Crippen LogP contribution in [0.2, 0.25) is 0 Å². The second-order valence-corrected chi connectivity index (χ2v) is 4.86. The molecule has 4 N–H and O–H groups in total. The second-order valence-electron chi connectivity index (χ2n) is 4.86. The zero-order chi connectivity index (χ0) is 12.9. The Labute approximate surface area is 106 Å². The Kier molecular flexibility index (Phi) is 2.20. The summed E-state index contributed by atoms with van der Waals surface area (Å²) in [6.07, 6.45) is 0. The highest BCUT2D eigenvalue weighted by atomic mass is 14.5. The van der Waals surface area contributed by atoms with Crippen LogP contribution in [-0.4, -0.2) is 0 Å². The Morgan fingerprint density at radius 2 is 1.00 bits per heavy atom. The molecule has 0 aliphatic heterocycles. The Bertz CT molecular complexity index is 705. The lowest BCUT2D eigenvalue weighted by Gasteiger charge is -2.13. The Morgan fingerprint density at radius 1 is 0.611 bits per heavy atom. The van der Waals surface area contributed by atoms with Crippen molar-refractivity contribution in [2.45, 2.75) is 13.8 Å². The number of rotatable bonds is 0. The van der Waals surface area contributed by atoms with Crippen molar-refractivity contribution in [1.82, 2.24) is 0 Å². The predicted molar refractivity (Wildman–Crippen MR) is 79.8 cm³/mol. The minimum Gasteiger partial charge on any atom is -0.399 e. The van der Waals surface area contributed by atoms with Gasteiger partial charge >= 0.3 is 0 Å². The van der Waals surface area contributed by atoms with Crippen molar-refractivity contribution in [3.05, 3.63) is 47.5 Å². The molecule has 0 atom stereocenters. The van der Waals surface area contributed by atoms with Crippen LogP contribution in [0, 0.1) is 13.8 Å². The summed E-state index contributed by atoms with van der Waals surface area (Å²) in [5, 5.41) is 4.95. The van der Waals surface area contributed by atoms with Gasteiger partial charge in [-0.3, -0.25) is 0 Å². The number of aryl methyl sites for hydroxylation is 2. The molecule has 3 rings (SSSR count). The van der Waals surface area contributed by atoms with E-state index in [0.717, 1.165) is 11.4 Å². The zero-order valence-electron chi connectivity index (χ0n) is 10.6. The average molecular weight is 236 g/mol. The van der Waals surface area contributed by atoms with Crippen molar-refractivity contribution in [1.29, 1.82) is 0 Å². The number of fused-ring (bicyclic) bond motifs is 2. The molecule has 0 aliphatic rings. The molecule has 0 spiro atoms. The summed E-state index contributed by atoms with van der Waals surface area (Å²) in [7, 11) is 0. The minimum atomic E-state index is 0.805. The summed E-state index contributed by atoms with van der Waals surface area (Å²) >= 11 is 0. The van der Waals surface area contributed by atoms with E-state index in [0.29, 0.717) is 0 Å². The fourth-order valence-corrected chi connectivity index (χ4v) is 2.69. The summed E-state index contributed by atoms with van der Waals surface area (Å²) in [6, 6.07) is 12.2. The molecule has 0 saturated carbocycles. The Morgan fingerprint density at radius 3 is 1.39 bits per heavy atom. The van der Waals surface area contributed by atoms with Gasteiger partial charge in [0.25, 0.3) is 0 Å². The van der Waals surface area contributed by atoms with Crippen LogP contribution in [-0.2, 0) is 0 Å². The fourth-order valence-electron chi connectivity index (χ4n) is 2.69. The van der Waals surface area contributed by atoms with Crippen LogP contribution < -0.4 is 11.5 Å². The third-order valence-corrected chi connectivity index (χ3v) is 3.70. The van der Waals surface area contributed by atoms with E-state index >= 15 is 0 Å². The van der Waals surface area contributed by atoms with Crippen LogP contribution in [0.4, 0.5) is 11.4 Å². The van der Waals surface area contributed by atoms with E-state index < -0.39 is 0 Å². The standard InChI is InChI=1S/C16H16N2/c1-9-13-5-3-12(18)8-16(13)10(2)14-6-4-11(17)7-15(9)14/h3-8H,17-18H2,1-2H3. The highest BCUT2D eigenvalue weighted by Crippen LogP contribution is 2.33. The van der Waals surface area contributed by atoms with E-state index in [9.17, 15) is 0 Å². The van der Waals surface area contributed by atoms with Gasteiger partial charge in [0.05, 0.1) is 0 Å². The Hall–Kier alpha value is -2.22. The quantitative estimate of drug-likeness (QED) is 0.461. The molecule has 0 aliphatic carbocycles. The van der Waals surface area contributed by atoms with Crippen LogP contribution in [0.1, 0.15) is 11.1 Å². The normalized spacial score (nSPS) is 11.2. The molecule has 2 heteroatoms. The van der Waals surface area contributed by atoms with E-state index in [1.165, 1.54) is 32.7 Å². The van der Waals surface area contributed by atoms with E-state index in [1.54, 1.807) is 0 Å². The summed E-state index contributed by atoms with van der Waals surface area (Å²) in [5.74, 6) is 0. The molecule has 0 bridgehead atoms. The molecule has 0 unspecified atom stereocenters. The van der Waals surface area contributed by atoms with Crippen molar-refractivity contribution in [3.63, 3.8) is 0 Å². The smallest absolute Gasteiger partial charge is 0.0320 e. The lowest BCUT2D eigenvalue weighted by Crippen LogP contribution is -1.92. The van der Waals surface area contributed by atoms with Crippen LogP contribution >= 0.6 is 0 Å². The van der Waals surface area contributed by atoms with Crippen LogP contribution in [0.5, 0.6) is 0 Å². The number of benzene rings is 3. The summed E-state index contributed by atoms with van der Waals surface area (Å²) in [5.41, 5.74) is 15.9. The van der Waals surface area contributed by atoms with Crippen LogP contribution in [0.3, 0.4) is 0 Å². The maximum absolute atomic E-state index is 5.89. The molecule has 0 saturated heterocycles. The lowest BCUT2D eigenvalue weighted by molar-refractivity contribution is 1.52. The highest BCUT2D eigenvalue weighted by Gasteiger charge is 2.08. The first-order valence-corrected chi connectivity index (χ1v) is 6.05. The molecule has 0 aromatic heterocycles. The third kappa shape index (κ3) is 1.42. The van der Waals surface area contributed by atoms with Crippen LogP contribution in [0.25, 0.3) is 21.5 Å². The van der Waals surface area contributed by atoms with Crippen molar-refractivity contribution in [3.8, 4) is 0 Å². The van der Waals surface area contributed by atoms with Gasteiger partial charge in [-0.15, -0.1) is 0 Å². The highest BCUT2D eigenvalue weighted by molar-refractivity contribution is 6.06. The minimum absolute atomic E-state index is 0.805. The Balaban J connectivity index is 2.60. The molecule has 0 radical (unpaired) electrons. The second kappa shape index (κ2) is 3.64. The third-order valence-electron chi connectivity index (χ3n) is 3.70. The van der Waals surface area contributed by atoms with Gasteiger partial charge in [0.1, 0.15) is 0 Å². The molecule has 3 aromatic rings. The van der Waals surface area contributed by atoms with Gasteiger partial charge in [-0.1, -0.05) is 12.1 Å². The molecule has 3 aromatic carbocycles. The largest absolute Gasteiger partial charge is 0.399 e. The number of hydrogen-bond donors (Lipinski definition) is 2. The fraction of sp³-hybridized carbons (Fsp3) is 0.125. The molecule has 18 heavy (non-hydrogen) atoms. The molecule has 2 nitrogen and oxygen atoms in total. The van der Waals surface area contributed by atoms with Gasteiger partial charge in [0, 0.05) is 11.4 Å². The number of nitrogens with two attached hydrogens (primary N) is 2. The van der Waals surface area contributed by atoms with E-state index in [1.807, 2.05) is 24.3 Å². The van der Waals surface area contributed by atoms with Crippen molar-refractivity contribution in [2.75, 3.05) is 11.5 Å². The predicted octanol–water partition coefficient (Wildman–Crippen LogP) is 3.77. The van der Waals surface area contributed by atoms with Crippen molar-refractivity contribution < 1.29 is 0 Å². The van der Waals surface area contributed by atoms with E-state index in [2.05, 4.69) is 26.0 Å². The first-order chi connectivity index (χ1) is 8.58. The molecule has 0 heterocycles. The average Bonchev–Trinajstić information content (AvgIpc) is 2.36. The molecule has 0 fully saturated rings. The van der Waals surface area contributed by atoms with Gasteiger partial charge in [-0.05, 0) is 70.8 Å².